The van der Waals surface area contributed by atoms with E-state index in [-0.39, 0.29) is 17.1 Å². The van der Waals surface area contributed by atoms with Gasteiger partial charge in [0.15, 0.2) is 0 Å². The van der Waals surface area contributed by atoms with Crippen LogP contribution in [-0.4, -0.2) is 29.7 Å². The molecular weight excluding hydrogens is 504 g/mol. The van der Waals surface area contributed by atoms with Gasteiger partial charge in [-0.3, -0.25) is 0 Å². The molecular formula is C22H27BrO6S2. The second-order valence-corrected chi connectivity index (χ2v) is 10.1. The van der Waals surface area contributed by atoms with Crippen molar-refractivity contribution in [3.05, 3.63) is 43.8 Å². The lowest BCUT2D eigenvalue weighted by Gasteiger charge is -1.99. The van der Waals surface area contributed by atoms with Gasteiger partial charge in [0.1, 0.15) is 12.6 Å². The molecule has 2 rings (SSSR count). The molecule has 0 bridgehead atoms. The normalized spacial score (nSPS) is 9.77. The molecule has 1 atom stereocenters. The first-order valence-corrected chi connectivity index (χ1v) is 12.0. The fourth-order valence-corrected chi connectivity index (χ4v) is 4.49. The Hall–Kier alpha value is -2.02. The highest BCUT2D eigenvalue weighted by Crippen LogP contribution is 2.18. The number of alkyl halides is 1. The van der Waals surface area contributed by atoms with Gasteiger partial charge in [0.25, 0.3) is 0 Å². The largest absolute Gasteiger partial charge is 0.373 e. The highest BCUT2D eigenvalue weighted by Gasteiger charge is 2.02. The first-order chi connectivity index (χ1) is 14.9. The fourth-order valence-electron chi connectivity index (χ4n) is 2.31. The molecule has 0 N–H and O–H groups in total. The minimum absolute atomic E-state index is 0.0357. The predicted molar refractivity (Wildman–Crippen MR) is 123 cm³/mol. The molecule has 0 amide bonds. The Labute approximate surface area is 199 Å². The van der Waals surface area contributed by atoms with E-state index >= 15 is 0 Å². The highest BCUT2D eigenvalue weighted by molar-refractivity contribution is 9.09. The number of carbonyl (C=O) groups is 2. The zero-order chi connectivity index (χ0) is 23.9. The molecule has 0 aromatic carbocycles. The van der Waals surface area contributed by atoms with E-state index in [0.717, 1.165) is 51.1 Å². The minimum atomic E-state index is 0.0357. The molecule has 0 spiro atoms. The van der Waals surface area contributed by atoms with Crippen molar-refractivity contribution in [2.24, 2.45) is 0 Å². The number of hydrogen-bond donors (Lipinski definition) is 0. The van der Waals surface area contributed by atoms with Crippen molar-refractivity contribution >= 4 is 63.5 Å². The molecule has 2 aromatic rings. The number of carbonyl (C=O) groups excluding carboxylic acids is 6. The smallest absolute Gasteiger partial charge is 0.303 e. The molecule has 2 aromatic heterocycles. The van der Waals surface area contributed by atoms with Gasteiger partial charge in [-0.2, -0.15) is 19.2 Å². The maximum atomic E-state index is 10.3. The van der Waals surface area contributed by atoms with Crippen molar-refractivity contribution in [3.8, 4) is 0 Å². The summed E-state index contributed by atoms with van der Waals surface area (Å²) in [5.41, 5.74) is 0. The van der Waals surface area contributed by atoms with Gasteiger partial charge in [0, 0.05) is 25.9 Å². The van der Waals surface area contributed by atoms with Crippen molar-refractivity contribution in [1.29, 1.82) is 0 Å². The molecule has 170 valence electrons. The summed E-state index contributed by atoms with van der Waals surface area (Å²) in [5.74, 6) is 0. The van der Waals surface area contributed by atoms with Crippen LogP contribution in [0, 0.1) is 13.8 Å². The Kier molecular flexibility index (Phi) is 22.8. The highest BCUT2D eigenvalue weighted by atomic mass is 79.9. The molecule has 0 saturated carbocycles. The first kappa shape index (κ1) is 31.2. The maximum Gasteiger partial charge on any atom is 0.373 e. The van der Waals surface area contributed by atoms with Gasteiger partial charge in [0.2, 0.25) is 0 Å². The number of rotatable bonds is 10. The lowest BCUT2D eigenvalue weighted by molar-refractivity contribution is -0.193. The third-order valence-corrected chi connectivity index (χ3v) is 6.43. The lowest BCUT2D eigenvalue weighted by Crippen LogP contribution is -1.98. The van der Waals surface area contributed by atoms with Crippen LogP contribution >= 0.6 is 38.6 Å². The van der Waals surface area contributed by atoms with Crippen LogP contribution < -0.4 is 0 Å². The molecule has 31 heavy (non-hydrogen) atoms. The zero-order valence-electron chi connectivity index (χ0n) is 17.6. The number of thiophene rings is 2. The molecule has 0 saturated heterocycles. The van der Waals surface area contributed by atoms with Crippen LogP contribution in [0.2, 0.25) is 0 Å². The average molecular weight is 531 g/mol. The molecule has 0 fully saturated rings. The molecule has 2 heterocycles. The van der Waals surface area contributed by atoms with E-state index in [1.54, 1.807) is 0 Å². The van der Waals surface area contributed by atoms with Crippen molar-refractivity contribution in [3.63, 3.8) is 0 Å². The van der Waals surface area contributed by atoms with Crippen LogP contribution in [0.5, 0.6) is 0 Å². The quantitative estimate of drug-likeness (QED) is 0.239. The van der Waals surface area contributed by atoms with E-state index in [1.165, 1.54) is 19.5 Å². The summed E-state index contributed by atoms with van der Waals surface area (Å²) in [6.07, 6.45) is 9.57. The van der Waals surface area contributed by atoms with E-state index in [0.29, 0.717) is 6.42 Å². The Balaban J connectivity index is 0. The van der Waals surface area contributed by atoms with E-state index < -0.39 is 0 Å². The number of halogens is 1. The van der Waals surface area contributed by atoms with Crippen molar-refractivity contribution in [2.75, 3.05) is 0 Å². The Bertz CT molecular complexity index is 776. The Morgan fingerprint density at radius 1 is 0.839 bits per heavy atom. The van der Waals surface area contributed by atoms with Gasteiger partial charge in [-0.05, 0) is 76.6 Å². The third kappa shape index (κ3) is 21.0. The van der Waals surface area contributed by atoms with Gasteiger partial charge in [-0.25, -0.2) is 0 Å². The van der Waals surface area contributed by atoms with Gasteiger partial charge < -0.3 is 9.59 Å². The van der Waals surface area contributed by atoms with E-state index in [4.69, 9.17) is 19.2 Å². The number of aryl methyl sites for hydroxylation is 4. The second-order valence-electron chi connectivity index (χ2n) is 6.15. The monoisotopic (exact) mass is 530 g/mol. The molecule has 9 heteroatoms. The molecule has 0 aliphatic carbocycles. The van der Waals surface area contributed by atoms with Crippen molar-refractivity contribution < 1.29 is 28.8 Å². The molecule has 0 aliphatic heterocycles. The SMILES string of the molecule is Cc1ccc(CCCC(Br)C=O)s1.Cc1ccc(CCCCC=O)s1.O=C=O.O=C=O. The molecule has 0 aliphatic rings. The lowest BCUT2D eigenvalue weighted by atomic mass is 10.2. The van der Waals surface area contributed by atoms with Crippen LogP contribution in [0.4, 0.5) is 0 Å². The predicted octanol–water partition coefficient (Wildman–Crippen LogP) is 5.14. The van der Waals surface area contributed by atoms with E-state index in [9.17, 15) is 9.59 Å². The molecule has 0 radical (unpaired) electrons. The standard InChI is InChI=1S/C10H13BrOS.C10H14OS.2CO2/c1-8-5-6-10(13-8)4-2-3-9(11)7-12;1-9-6-7-10(12-9)5-3-2-4-8-11;2*2-1-3/h5-7,9H,2-4H2,1H3;6-8H,2-5H2,1H3;;. The summed E-state index contributed by atoms with van der Waals surface area (Å²) in [4.78, 5) is 58.5. The van der Waals surface area contributed by atoms with Crippen LogP contribution in [0.25, 0.3) is 0 Å². The Morgan fingerprint density at radius 2 is 1.29 bits per heavy atom. The van der Waals surface area contributed by atoms with Gasteiger partial charge in [-0.15, -0.1) is 22.7 Å². The summed E-state index contributed by atoms with van der Waals surface area (Å²) >= 11 is 6.99. The number of unbranched alkanes of at least 4 members (excludes halogenated alkanes) is 2. The topological polar surface area (TPSA) is 102 Å². The zero-order valence-corrected chi connectivity index (χ0v) is 20.9. The van der Waals surface area contributed by atoms with Gasteiger partial charge in [0.05, 0.1) is 4.83 Å². The first-order valence-electron chi connectivity index (χ1n) is 9.50. The maximum absolute atomic E-state index is 10.3. The van der Waals surface area contributed by atoms with E-state index in [2.05, 4.69) is 54.0 Å². The van der Waals surface area contributed by atoms with E-state index in [1.807, 2.05) is 22.7 Å². The second kappa shape index (κ2) is 22.7. The van der Waals surface area contributed by atoms with Crippen molar-refractivity contribution in [1.82, 2.24) is 0 Å². The molecule has 1 unspecified atom stereocenters. The summed E-state index contributed by atoms with van der Waals surface area (Å²) < 4.78 is 0. The van der Waals surface area contributed by atoms with Crippen molar-refractivity contribution in [2.45, 2.75) is 63.6 Å². The summed E-state index contributed by atoms with van der Waals surface area (Å²) in [7, 11) is 0. The van der Waals surface area contributed by atoms with Gasteiger partial charge in [-0.1, -0.05) is 15.9 Å². The third-order valence-electron chi connectivity index (χ3n) is 3.64. The fraction of sp³-hybridized carbons (Fsp3) is 0.455. The number of aldehydes is 2. The summed E-state index contributed by atoms with van der Waals surface area (Å²) in [6, 6.07) is 8.65. The van der Waals surface area contributed by atoms with Crippen LogP contribution in [0.1, 0.15) is 51.6 Å². The van der Waals surface area contributed by atoms with Crippen LogP contribution in [-0.2, 0) is 41.6 Å². The summed E-state index contributed by atoms with van der Waals surface area (Å²) in [5, 5.41) is 0. The average Bonchev–Trinajstić information content (AvgIpc) is 3.34. The summed E-state index contributed by atoms with van der Waals surface area (Å²) in [6.45, 7) is 4.24. The minimum Gasteiger partial charge on any atom is -0.303 e. The van der Waals surface area contributed by atoms with Gasteiger partial charge >= 0.3 is 12.3 Å². The number of hydrogen-bond acceptors (Lipinski definition) is 8. The van der Waals surface area contributed by atoms with Crippen LogP contribution in [0.15, 0.2) is 24.3 Å². The molecule has 6 nitrogen and oxygen atoms in total. The Morgan fingerprint density at radius 3 is 1.65 bits per heavy atom. The van der Waals surface area contributed by atoms with Crippen LogP contribution in [0.3, 0.4) is 0 Å².